The van der Waals surface area contributed by atoms with Crippen LogP contribution in [0, 0.1) is 5.92 Å². The maximum absolute atomic E-state index is 3.53. The van der Waals surface area contributed by atoms with Gasteiger partial charge in [-0.15, -0.1) is 0 Å². The Labute approximate surface area is 118 Å². The summed E-state index contributed by atoms with van der Waals surface area (Å²) in [6, 6.07) is 12.8. The van der Waals surface area contributed by atoms with Crippen LogP contribution in [0.5, 0.6) is 0 Å². The number of fused-ring (bicyclic) bond motifs is 2. The average molecular weight is 260 g/mol. The summed E-state index contributed by atoms with van der Waals surface area (Å²) in [5, 5.41) is 9.57. The Morgan fingerprint density at radius 3 is 1.80 bits per heavy atom. The molecule has 2 heteroatoms. The van der Waals surface area contributed by atoms with E-state index in [2.05, 4.69) is 78.3 Å². The number of nitrogens with one attached hydrogen (secondary N) is 2. The lowest BCUT2D eigenvalue weighted by Gasteiger charge is -2.23. The van der Waals surface area contributed by atoms with Crippen LogP contribution >= 0.6 is 0 Å². The van der Waals surface area contributed by atoms with E-state index in [0.29, 0.717) is 5.92 Å². The van der Waals surface area contributed by atoms with Crippen molar-refractivity contribution >= 4 is 22.1 Å². The smallest absolute Gasteiger partial charge is 0.0630 e. The Balaban J connectivity index is 1.83. The highest BCUT2D eigenvalue weighted by molar-refractivity contribution is 5.94. The Morgan fingerprint density at radius 2 is 1.30 bits per heavy atom. The minimum absolute atomic E-state index is 0.464. The molecule has 0 atom stereocenters. The summed E-state index contributed by atoms with van der Waals surface area (Å²) in [7, 11) is 0. The number of rotatable bonds is 0. The summed E-state index contributed by atoms with van der Waals surface area (Å²) < 4.78 is 0. The van der Waals surface area contributed by atoms with Gasteiger partial charge >= 0.3 is 0 Å². The fourth-order valence-electron chi connectivity index (χ4n) is 2.70. The molecule has 0 saturated carbocycles. The predicted octanol–water partition coefficient (Wildman–Crippen LogP) is 4.65. The van der Waals surface area contributed by atoms with E-state index in [1.165, 1.54) is 10.8 Å². The minimum atomic E-state index is 0.464. The summed E-state index contributed by atoms with van der Waals surface area (Å²) >= 11 is 0. The van der Waals surface area contributed by atoms with Crippen LogP contribution in [0.2, 0.25) is 0 Å². The minimum Gasteiger partial charge on any atom is -0.352 e. The zero-order valence-corrected chi connectivity index (χ0v) is 11.4. The Hall–Kier alpha value is -2.48. The molecule has 0 saturated heterocycles. The van der Waals surface area contributed by atoms with Gasteiger partial charge in [0.1, 0.15) is 0 Å². The molecule has 0 aromatic heterocycles. The van der Waals surface area contributed by atoms with Crippen LogP contribution in [0.1, 0.15) is 6.92 Å². The summed E-state index contributed by atoms with van der Waals surface area (Å²) in [4.78, 5) is 0. The van der Waals surface area contributed by atoms with Crippen LogP contribution in [0.4, 0.5) is 11.4 Å². The molecule has 2 aliphatic rings. The number of hydrogen-bond acceptors (Lipinski definition) is 2. The van der Waals surface area contributed by atoms with Crippen LogP contribution in [0.25, 0.3) is 10.8 Å². The Kier molecular flexibility index (Phi) is 2.43. The van der Waals surface area contributed by atoms with Crippen molar-refractivity contribution in [3.63, 3.8) is 0 Å². The fraction of sp³-hybridized carbons (Fsp3) is 0.111. The van der Waals surface area contributed by atoms with Gasteiger partial charge in [-0.05, 0) is 41.0 Å². The lowest BCUT2D eigenvalue weighted by Crippen LogP contribution is -2.14. The molecule has 0 amide bonds. The van der Waals surface area contributed by atoms with Crippen molar-refractivity contribution in [2.75, 3.05) is 10.6 Å². The molecule has 0 unspecified atom stereocenters. The summed E-state index contributed by atoms with van der Waals surface area (Å²) in [5.41, 5.74) is 4.53. The number of anilines is 2. The monoisotopic (exact) mass is 260 g/mol. The standard InChI is InChI=1S/C18H16N2/c1-12-6-8-15-16(9-7-12)20-18-11-14-5-3-2-4-13(14)10-17(18)19-15/h2-12,19-20H,1H3. The molecule has 0 fully saturated rings. The van der Waals surface area contributed by atoms with Crippen LogP contribution in [-0.2, 0) is 0 Å². The van der Waals surface area contributed by atoms with Crippen LogP contribution in [0.15, 0.2) is 72.1 Å². The number of allylic oxidation sites excluding steroid dienone is 4. The number of hydrogen-bond donors (Lipinski definition) is 2. The molecule has 20 heavy (non-hydrogen) atoms. The second-order valence-electron chi connectivity index (χ2n) is 5.40. The molecule has 2 nitrogen and oxygen atoms in total. The fourth-order valence-corrected chi connectivity index (χ4v) is 2.70. The summed E-state index contributed by atoms with van der Waals surface area (Å²) in [6.45, 7) is 2.19. The molecule has 1 aliphatic heterocycles. The molecule has 0 bridgehead atoms. The normalized spacial score (nSPS) is 17.2. The Bertz CT molecular complexity index is 717. The second-order valence-corrected chi connectivity index (χ2v) is 5.40. The van der Waals surface area contributed by atoms with Gasteiger partial charge in [0.25, 0.3) is 0 Å². The van der Waals surface area contributed by atoms with E-state index < -0.39 is 0 Å². The zero-order chi connectivity index (χ0) is 13.5. The molecule has 0 radical (unpaired) electrons. The second kappa shape index (κ2) is 4.27. The van der Waals surface area contributed by atoms with Crippen molar-refractivity contribution in [3.05, 3.63) is 72.1 Å². The largest absolute Gasteiger partial charge is 0.352 e. The first-order valence-corrected chi connectivity index (χ1v) is 6.97. The van der Waals surface area contributed by atoms with Crippen LogP contribution < -0.4 is 10.6 Å². The van der Waals surface area contributed by atoms with Gasteiger partial charge in [0.2, 0.25) is 0 Å². The van der Waals surface area contributed by atoms with Crippen LogP contribution in [-0.4, -0.2) is 0 Å². The van der Waals surface area contributed by atoms with Crippen molar-refractivity contribution in [1.82, 2.24) is 0 Å². The van der Waals surface area contributed by atoms with Crippen LogP contribution in [0.3, 0.4) is 0 Å². The molecular formula is C18H16N2. The number of benzene rings is 2. The lowest BCUT2D eigenvalue weighted by atomic mass is 10.1. The molecule has 98 valence electrons. The first kappa shape index (κ1) is 11.4. The third-order valence-electron chi connectivity index (χ3n) is 3.85. The Morgan fingerprint density at radius 1 is 0.800 bits per heavy atom. The molecular weight excluding hydrogens is 244 g/mol. The topological polar surface area (TPSA) is 24.1 Å². The van der Waals surface area contributed by atoms with E-state index in [1.807, 2.05) is 0 Å². The predicted molar refractivity (Wildman–Crippen MR) is 85.7 cm³/mol. The van der Waals surface area contributed by atoms with Gasteiger partial charge < -0.3 is 10.6 Å². The quantitative estimate of drug-likeness (QED) is 0.720. The first-order valence-electron chi connectivity index (χ1n) is 6.97. The third-order valence-corrected chi connectivity index (χ3v) is 3.85. The molecule has 1 aliphatic carbocycles. The van der Waals surface area contributed by atoms with Gasteiger partial charge in [-0.3, -0.25) is 0 Å². The van der Waals surface area contributed by atoms with E-state index in [9.17, 15) is 0 Å². The molecule has 0 spiro atoms. The molecule has 2 aromatic carbocycles. The molecule has 2 aromatic rings. The highest BCUT2D eigenvalue weighted by Gasteiger charge is 2.16. The van der Waals surface area contributed by atoms with Gasteiger partial charge in [0.05, 0.1) is 22.8 Å². The van der Waals surface area contributed by atoms with Gasteiger partial charge in [0, 0.05) is 0 Å². The highest BCUT2D eigenvalue weighted by Crippen LogP contribution is 2.35. The summed E-state index contributed by atoms with van der Waals surface area (Å²) in [5.74, 6) is 0.464. The maximum Gasteiger partial charge on any atom is 0.0630 e. The van der Waals surface area contributed by atoms with Gasteiger partial charge in [-0.25, -0.2) is 0 Å². The van der Waals surface area contributed by atoms with Crippen molar-refractivity contribution in [1.29, 1.82) is 0 Å². The van der Waals surface area contributed by atoms with Crippen molar-refractivity contribution in [3.8, 4) is 0 Å². The van der Waals surface area contributed by atoms with Gasteiger partial charge in [-0.2, -0.15) is 0 Å². The van der Waals surface area contributed by atoms with E-state index in [4.69, 9.17) is 0 Å². The van der Waals surface area contributed by atoms with Crippen molar-refractivity contribution in [2.24, 2.45) is 5.92 Å². The SMILES string of the molecule is CC1C=CC2=C(C=C1)Nc1cc3ccccc3cc1N2. The first-order chi connectivity index (χ1) is 9.79. The van der Waals surface area contributed by atoms with Crippen molar-refractivity contribution < 1.29 is 0 Å². The summed E-state index contributed by atoms with van der Waals surface area (Å²) in [6.07, 6.45) is 8.73. The average Bonchev–Trinajstić information content (AvgIpc) is 2.65. The maximum atomic E-state index is 3.53. The van der Waals surface area contributed by atoms with E-state index in [0.717, 1.165) is 22.8 Å². The van der Waals surface area contributed by atoms with Gasteiger partial charge in [0.15, 0.2) is 0 Å². The molecule has 4 rings (SSSR count). The van der Waals surface area contributed by atoms with Crippen molar-refractivity contribution in [2.45, 2.75) is 6.92 Å². The highest BCUT2D eigenvalue weighted by atomic mass is 15.0. The molecule has 2 N–H and O–H groups in total. The van der Waals surface area contributed by atoms with E-state index >= 15 is 0 Å². The molecule has 1 heterocycles. The third kappa shape index (κ3) is 1.81. The van der Waals surface area contributed by atoms with E-state index in [-0.39, 0.29) is 0 Å². The zero-order valence-electron chi connectivity index (χ0n) is 11.4. The van der Waals surface area contributed by atoms with Gasteiger partial charge in [-0.1, -0.05) is 43.3 Å². The van der Waals surface area contributed by atoms with E-state index in [1.54, 1.807) is 0 Å². The lowest BCUT2D eigenvalue weighted by molar-refractivity contribution is 0.941.